The number of carboxylic acid groups (broad SMARTS) is 1. The van der Waals surface area contributed by atoms with Gasteiger partial charge in [-0.1, -0.05) is 0 Å². The van der Waals surface area contributed by atoms with Crippen molar-refractivity contribution < 1.29 is 23.8 Å². The molecule has 0 saturated carbocycles. The van der Waals surface area contributed by atoms with Gasteiger partial charge in [0, 0.05) is 31.1 Å². The molecule has 1 aliphatic rings. The van der Waals surface area contributed by atoms with Crippen LogP contribution in [0.4, 0.5) is 0 Å². The summed E-state index contributed by atoms with van der Waals surface area (Å²) in [5.41, 5.74) is 1.03. The fourth-order valence-electron chi connectivity index (χ4n) is 2.96. The van der Waals surface area contributed by atoms with Crippen molar-refractivity contribution in [1.29, 1.82) is 0 Å². The number of carboxylic acids is 1. The van der Waals surface area contributed by atoms with Gasteiger partial charge in [0.15, 0.2) is 0 Å². The smallest absolute Gasteiger partial charge is 0.336 e. The predicted octanol–water partition coefficient (Wildman–Crippen LogP) is 1.26. The average molecular weight is 333 g/mol. The highest BCUT2D eigenvalue weighted by Crippen LogP contribution is 2.30. The lowest BCUT2D eigenvalue weighted by Gasteiger charge is -2.27. The van der Waals surface area contributed by atoms with Crippen LogP contribution < -0.4 is 10.4 Å². The molecule has 1 fully saturated rings. The van der Waals surface area contributed by atoms with Gasteiger partial charge in [-0.2, -0.15) is 0 Å². The van der Waals surface area contributed by atoms with Crippen molar-refractivity contribution in [2.75, 3.05) is 33.4 Å². The number of hydrogen-bond acceptors (Lipinski definition) is 6. The molecule has 2 heterocycles. The summed E-state index contributed by atoms with van der Waals surface area (Å²) < 4.78 is 16.2. The molecule has 0 aliphatic carbocycles. The zero-order valence-corrected chi connectivity index (χ0v) is 13.4. The minimum atomic E-state index is -0.993. The second kappa shape index (κ2) is 7.02. The quantitative estimate of drug-likeness (QED) is 0.824. The first-order chi connectivity index (χ1) is 11.6. The first kappa shape index (κ1) is 16.5. The lowest BCUT2D eigenvalue weighted by atomic mass is 10.0. The Balaban J connectivity index is 2.11. The van der Waals surface area contributed by atoms with Crippen molar-refractivity contribution >= 4 is 16.9 Å². The highest BCUT2D eigenvalue weighted by Gasteiger charge is 2.19. The van der Waals surface area contributed by atoms with Gasteiger partial charge in [-0.3, -0.25) is 9.69 Å². The van der Waals surface area contributed by atoms with Crippen LogP contribution >= 0.6 is 0 Å². The first-order valence-electron chi connectivity index (χ1n) is 7.73. The zero-order valence-electron chi connectivity index (χ0n) is 13.4. The van der Waals surface area contributed by atoms with Gasteiger partial charge in [-0.05, 0) is 17.7 Å². The van der Waals surface area contributed by atoms with Crippen molar-refractivity contribution in [3.63, 3.8) is 0 Å². The summed E-state index contributed by atoms with van der Waals surface area (Å²) in [5, 5.41) is 9.69. The molecule has 0 radical (unpaired) electrons. The Morgan fingerprint density at radius 1 is 1.33 bits per heavy atom. The van der Waals surface area contributed by atoms with Crippen molar-refractivity contribution in [2.24, 2.45) is 0 Å². The summed E-state index contributed by atoms with van der Waals surface area (Å²) in [6.07, 6.45) is -0.231. The molecule has 1 aromatic heterocycles. The van der Waals surface area contributed by atoms with Crippen LogP contribution in [0, 0.1) is 0 Å². The molecule has 2 aromatic rings. The minimum absolute atomic E-state index is 0.231. The lowest BCUT2D eigenvalue weighted by molar-refractivity contribution is -0.136. The SMILES string of the molecule is COc1ccc2c(CC(=O)O)cc(=O)oc2c1CN1CCOCC1. The number of morpholine rings is 1. The van der Waals surface area contributed by atoms with Gasteiger partial charge in [-0.15, -0.1) is 0 Å². The second-order valence-electron chi connectivity index (χ2n) is 5.67. The molecule has 0 unspecified atom stereocenters. The number of aliphatic carboxylic acids is 1. The van der Waals surface area contributed by atoms with Gasteiger partial charge < -0.3 is 19.0 Å². The van der Waals surface area contributed by atoms with E-state index in [1.807, 2.05) is 0 Å². The number of hydrogen-bond donors (Lipinski definition) is 1. The van der Waals surface area contributed by atoms with Crippen LogP contribution in [-0.2, 0) is 22.5 Å². The third-order valence-electron chi connectivity index (χ3n) is 4.11. The summed E-state index contributed by atoms with van der Waals surface area (Å²) in [7, 11) is 1.56. The van der Waals surface area contributed by atoms with Crippen molar-refractivity contribution in [2.45, 2.75) is 13.0 Å². The number of methoxy groups -OCH3 is 1. The zero-order chi connectivity index (χ0) is 17.1. The molecule has 0 bridgehead atoms. The summed E-state index contributed by atoms with van der Waals surface area (Å²) in [4.78, 5) is 25.2. The normalized spacial score (nSPS) is 15.5. The van der Waals surface area contributed by atoms with E-state index in [1.165, 1.54) is 6.07 Å². The molecule has 128 valence electrons. The molecule has 1 saturated heterocycles. The summed E-state index contributed by atoms with van der Waals surface area (Å²) in [6, 6.07) is 4.75. The monoisotopic (exact) mass is 333 g/mol. The molecule has 0 spiro atoms. The van der Waals surface area contributed by atoms with E-state index in [0.29, 0.717) is 42.0 Å². The van der Waals surface area contributed by atoms with Crippen LogP contribution in [0.25, 0.3) is 11.0 Å². The molecule has 1 aliphatic heterocycles. The Bertz CT molecular complexity index is 807. The van der Waals surface area contributed by atoms with Crippen LogP contribution in [-0.4, -0.2) is 49.4 Å². The molecule has 1 N–H and O–H groups in total. The highest BCUT2D eigenvalue weighted by atomic mass is 16.5. The average Bonchev–Trinajstić information content (AvgIpc) is 2.56. The van der Waals surface area contributed by atoms with Crippen molar-refractivity contribution in [1.82, 2.24) is 4.90 Å². The van der Waals surface area contributed by atoms with E-state index in [0.717, 1.165) is 18.7 Å². The Hall–Kier alpha value is -2.38. The largest absolute Gasteiger partial charge is 0.496 e. The van der Waals surface area contributed by atoms with Gasteiger partial charge in [0.25, 0.3) is 0 Å². The van der Waals surface area contributed by atoms with E-state index in [9.17, 15) is 9.59 Å². The highest BCUT2D eigenvalue weighted by molar-refractivity contribution is 5.88. The van der Waals surface area contributed by atoms with E-state index in [-0.39, 0.29) is 6.42 Å². The third kappa shape index (κ3) is 3.42. The number of carbonyl (C=O) groups is 1. The van der Waals surface area contributed by atoms with Crippen LogP contribution in [0.15, 0.2) is 27.4 Å². The van der Waals surface area contributed by atoms with E-state index in [1.54, 1.807) is 19.2 Å². The summed E-state index contributed by atoms with van der Waals surface area (Å²) in [5.74, 6) is -0.378. The van der Waals surface area contributed by atoms with Crippen LogP contribution in [0.1, 0.15) is 11.1 Å². The summed E-state index contributed by atoms with van der Waals surface area (Å²) >= 11 is 0. The van der Waals surface area contributed by atoms with E-state index in [2.05, 4.69) is 4.90 Å². The number of rotatable bonds is 5. The van der Waals surface area contributed by atoms with Crippen LogP contribution in [0.2, 0.25) is 0 Å². The minimum Gasteiger partial charge on any atom is -0.496 e. The van der Waals surface area contributed by atoms with Gasteiger partial charge in [0.1, 0.15) is 11.3 Å². The molecular weight excluding hydrogens is 314 g/mol. The van der Waals surface area contributed by atoms with Crippen LogP contribution in [0.5, 0.6) is 5.75 Å². The fraction of sp³-hybridized carbons (Fsp3) is 0.412. The molecule has 3 rings (SSSR count). The van der Waals surface area contributed by atoms with Crippen molar-refractivity contribution in [3.05, 3.63) is 39.7 Å². The Morgan fingerprint density at radius 2 is 2.08 bits per heavy atom. The number of fused-ring (bicyclic) bond motifs is 1. The van der Waals surface area contributed by atoms with Gasteiger partial charge >= 0.3 is 11.6 Å². The number of ether oxygens (including phenoxy) is 2. The maximum absolute atomic E-state index is 11.9. The molecule has 24 heavy (non-hydrogen) atoms. The number of nitrogens with zero attached hydrogens (tertiary/aromatic N) is 1. The second-order valence-corrected chi connectivity index (χ2v) is 5.67. The Labute approximate surface area is 138 Å². The molecule has 0 atom stereocenters. The predicted molar refractivity (Wildman–Crippen MR) is 86.5 cm³/mol. The standard InChI is InChI=1S/C17H19NO6/c1-22-14-3-2-12-11(8-15(19)20)9-16(21)24-17(12)13(14)10-18-4-6-23-7-5-18/h2-3,9H,4-8,10H2,1H3,(H,19,20). The summed E-state index contributed by atoms with van der Waals surface area (Å²) in [6.45, 7) is 3.41. The van der Waals surface area contributed by atoms with E-state index >= 15 is 0 Å². The number of benzene rings is 1. The topological polar surface area (TPSA) is 89.2 Å². The molecule has 1 aromatic carbocycles. The van der Waals surface area contributed by atoms with E-state index in [4.69, 9.17) is 19.0 Å². The van der Waals surface area contributed by atoms with Crippen molar-refractivity contribution in [3.8, 4) is 5.75 Å². The maximum atomic E-state index is 11.9. The molecular formula is C17H19NO6. The van der Waals surface area contributed by atoms with Crippen LogP contribution in [0.3, 0.4) is 0 Å². The van der Waals surface area contributed by atoms with Gasteiger partial charge in [0.05, 0.1) is 32.3 Å². The molecule has 0 amide bonds. The van der Waals surface area contributed by atoms with E-state index < -0.39 is 11.6 Å². The third-order valence-corrected chi connectivity index (χ3v) is 4.11. The maximum Gasteiger partial charge on any atom is 0.336 e. The first-order valence-corrected chi connectivity index (χ1v) is 7.73. The fourth-order valence-corrected chi connectivity index (χ4v) is 2.96. The Morgan fingerprint density at radius 3 is 2.75 bits per heavy atom. The molecule has 7 heteroatoms. The van der Waals surface area contributed by atoms with Gasteiger partial charge in [-0.25, -0.2) is 4.79 Å². The van der Waals surface area contributed by atoms with Gasteiger partial charge in [0.2, 0.25) is 0 Å². The Kier molecular flexibility index (Phi) is 4.82. The lowest BCUT2D eigenvalue weighted by Crippen LogP contribution is -2.35. The molecule has 7 nitrogen and oxygen atoms in total.